The fraction of sp³-hybridized carbons (Fsp3) is 0.500. The second-order valence-corrected chi connectivity index (χ2v) is 3.88. The van der Waals surface area contributed by atoms with Gasteiger partial charge in [-0.2, -0.15) is 0 Å². The molecule has 3 N–H and O–H groups in total. The van der Waals surface area contributed by atoms with Crippen LogP contribution >= 0.6 is 0 Å². The van der Waals surface area contributed by atoms with Crippen molar-refractivity contribution >= 4 is 0 Å². The van der Waals surface area contributed by atoms with Crippen LogP contribution in [0.2, 0.25) is 0 Å². The molecule has 3 heteroatoms. The first kappa shape index (κ1) is 12.2. The number of rotatable bonds is 5. The lowest BCUT2D eigenvalue weighted by molar-refractivity contribution is 0.0570. The van der Waals surface area contributed by atoms with Crippen LogP contribution in [-0.4, -0.2) is 23.2 Å². The van der Waals surface area contributed by atoms with Crippen molar-refractivity contribution in [1.29, 1.82) is 0 Å². The van der Waals surface area contributed by atoms with Gasteiger partial charge in [0.1, 0.15) is 0 Å². The Morgan fingerprint density at radius 3 is 2.40 bits per heavy atom. The number of likely N-dealkylation sites (N-methyl/N-ethyl adjacent to an activating group) is 1. The summed E-state index contributed by atoms with van der Waals surface area (Å²) in [6.07, 6.45) is 1.39. The third-order valence-corrected chi connectivity index (χ3v) is 2.61. The summed E-state index contributed by atoms with van der Waals surface area (Å²) in [5, 5.41) is 11.8. The fourth-order valence-corrected chi connectivity index (χ4v) is 1.75. The maximum absolute atomic E-state index is 10.2. The summed E-state index contributed by atoms with van der Waals surface area (Å²) in [6, 6.07) is 9.64. The van der Waals surface area contributed by atoms with E-state index in [1.54, 1.807) is 12.1 Å². The highest BCUT2D eigenvalue weighted by molar-refractivity contribution is 5.18. The topological polar surface area (TPSA) is 49.5 Å². The van der Waals surface area contributed by atoms with E-state index in [0.717, 1.165) is 18.4 Å². The number of hydrazine groups is 1. The van der Waals surface area contributed by atoms with E-state index < -0.39 is 6.10 Å². The van der Waals surface area contributed by atoms with E-state index in [0.29, 0.717) is 0 Å². The Morgan fingerprint density at radius 2 is 1.93 bits per heavy atom. The molecule has 0 aromatic heterocycles. The van der Waals surface area contributed by atoms with Crippen molar-refractivity contribution in [3.63, 3.8) is 0 Å². The van der Waals surface area contributed by atoms with Gasteiger partial charge in [0.25, 0.3) is 0 Å². The van der Waals surface area contributed by atoms with Crippen LogP contribution in [-0.2, 0) is 0 Å². The van der Waals surface area contributed by atoms with E-state index in [4.69, 9.17) is 5.84 Å². The van der Waals surface area contributed by atoms with Gasteiger partial charge in [-0.3, -0.25) is 5.84 Å². The predicted octanol–water partition coefficient (Wildman–Crippen LogP) is 1.69. The summed E-state index contributed by atoms with van der Waals surface area (Å²) < 4.78 is 0. The average Bonchev–Trinajstić information content (AvgIpc) is 2.26. The van der Waals surface area contributed by atoms with Crippen LogP contribution < -0.4 is 5.84 Å². The second-order valence-electron chi connectivity index (χ2n) is 3.88. The molecular formula is C12H20N2O. The number of nitrogens with two attached hydrogens (primary N) is 1. The first-order valence-corrected chi connectivity index (χ1v) is 5.37. The first-order valence-electron chi connectivity index (χ1n) is 5.37. The molecule has 3 nitrogen and oxygen atoms in total. The summed E-state index contributed by atoms with van der Waals surface area (Å²) in [4.78, 5) is 0. The van der Waals surface area contributed by atoms with Crippen LogP contribution in [0.25, 0.3) is 0 Å². The molecule has 0 fully saturated rings. The average molecular weight is 208 g/mol. The standard InChI is InChI=1S/C12H20N2O/c1-3-7-11(14(2)13)12(15)10-8-5-4-6-9-10/h4-6,8-9,11-12,15H,3,7,13H2,1-2H3/t11-,12+/m0/s1. The normalized spacial score (nSPS) is 15.3. The maximum Gasteiger partial charge on any atom is 0.0958 e. The van der Waals surface area contributed by atoms with Crippen LogP contribution in [0, 0.1) is 0 Å². The Labute approximate surface area is 91.5 Å². The van der Waals surface area contributed by atoms with Crippen LogP contribution in [0.3, 0.4) is 0 Å². The van der Waals surface area contributed by atoms with Gasteiger partial charge >= 0.3 is 0 Å². The minimum absolute atomic E-state index is 0.0163. The molecule has 0 aliphatic heterocycles. The van der Waals surface area contributed by atoms with Crippen molar-refractivity contribution in [2.45, 2.75) is 31.9 Å². The lowest BCUT2D eigenvalue weighted by Gasteiger charge is -2.28. The Kier molecular flexibility index (Phi) is 4.75. The Hall–Kier alpha value is -0.900. The van der Waals surface area contributed by atoms with Gasteiger partial charge in [0.05, 0.1) is 12.1 Å². The van der Waals surface area contributed by atoms with Crippen molar-refractivity contribution in [3.05, 3.63) is 35.9 Å². The molecule has 1 rings (SSSR count). The number of aliphatic hydroxyl groups excluding tert-OH is 1. The minimum atomic E-state index is -0.513. The fourth-order valence-electron chi connectivity index (χ4n) is 1.75. The molecule has 0 amide bonds. The molecular weight excluding hydrogens is 188 g/mol. The third kappa shape index (κ3) is 3.30. The zero-order chi connectivity index (χ0) is 11.3. The van der Waals surface area contributed by atoms with E-state index in [1.807, 2.05) is 30.3 Å². The highest BCUT2D eigenvalue weighted by Crippen LogP contribution is 2.21. The van der Waals surface area contributed by atoms with Crippen molar-refractivity contribution in [2.24, 2.45) is 5.84 Å². The number of aliphatic hydroxyl groups is 1. The van der Waals surface area contributed by atoms with E-state index in [1.165, 1.54) is 0 Å². The van der Waals surface area contributed by atoms with Crippen LogP contribution in [0.5, 0.6) is 0 Å². The molecule has 15 heavy (non-hydrogen) atoms. The summed E-state index contributed by atoms with van der Waals surface area (Å²) in [6.45, 7) is 2.09. The van der Waals surface area contributed by atoms with E-state index in [9.17, 15) is 5.11 Å². The molecule has 0 unspecified atom stereocenters. The van der Waals surface area contributed by atoms with Crippen molar-refractivity contribution in [1.82, 2.24) is 5.01 Å². The summed E-state index contributed by atoms with van der Waals surface area (Å²) in [5.41, 5.74) is 0.924. The van der Waals surface area contributed by atoms with Crippen LogP contribution in [0.1, 0.15) is 31.4 Å². The lowest BCUT2D eigenvalue weighted by Crippen LogP contribution is -2.41. The Bertz CT molecular complexity index is 274. The quantitative estimate of drug-likeness (QED) is 0.572. The first-order chi connectivity index (χ1) is 7.16. The zero-order valence-electron chi connectivity index (χ0n) is 9.43. The van der Waals surface area contributed by atoms with Gasteiger partial charge in [-0.15, -0.1) is 0 Å². The smallest absolute Gasteiger partial charge is 0.0958 e. The second kappa shape index (κ2) is 5.85. The molecule has 1 aromatic carbocycles. The third-order valence-electron chi connectivity index (χ3n) is 2.61. The van der Waals surface area contributed by atoms with Crippen molar-refractivity contribution in [2.75, 3.05) is 7.05 Å². The molecule has 0 spiro atoms. The van der Waals surface area contributed by atoms with Crippen LogP contribution in [0.4, 0.5) is 0 Å². The number of benzene rings is 1. The summed E-state index contributed by atoms with van der Waals surface area (Å²) in [5.74, 6) is 5.73. The molecule has 84 valence electrons. The number of nitrogens with zero attached hydrogens (tertiary/aromatic N) is 1. The molecule has 0 heterocycles. The highest BCUT2D eigenvalue weighted by atomic mass is 16.3. The van der Waals surface area contributed by atoms with Crippen molar-refractivity contribution < 1.29 is 5.11 Å². The summed E-state index contributed by atoms with van der Waals surface area (Å²) in [7, 11) is 1.80. The van der Waals surface area contributed by atoms with Gasteiger partial charge in [-0.1, -0.05) is 43.7 Å². The van der Waals surface area contributed by atoms with Crippen LogP contribution in [0.15, 0.2) is 30.3 Å². The number of hydrogen-bond donors (Lipinski definition) is 2. The molecule has 0 radical (unpaired) electrons. The molecule has 0 aliphatic carbocycles. The zero-order valence-corrected chi connectivity index (χ0v) is 9.43. The monoisotopic (exact) mass is 208 g/mol. The molecule has 0 bridgehead atoms. The van der Waals surface area contributed by atoms with E-state index >= 15 is 0 Å². The molecule has 0 aliphatic rings. The van der Waals surface area contributed by atoms with Gasteiger partial charge in [0, 0.05) is 7.05 Å². The highest BCUT2D eigenvalue weighted by Gasteiger charge is 2.22. The number of hydrogen-bond acceptors (Lipinski definition) is 3. The molecule has 0 saturated heterocycles. The molecule has 1 aromatic rings. The van der Waals surface area contributed by atoms with Gasteiger partial charge < -0.3 is 5.11 Å². The molecule has 0 saturated carbocycles. The largest absolute Gasteiger partial charge is 0.387 e. The molecule has 2 atom stereocenters. The Morgan fingerprint density at radius 1 is 1.33 bits per heavy atom. The van der Waals surface area contributed by atoms with Gasteiger partial charge in [0.15, 0.2) is 0 Å². The predicted molar refractivity (Wildman–Crippen MR) is 62.0 cm³/mol. The minimum Gasteiger partial charge on any atom is -0.387 e. The van der Waals surface area contributed by atoms with Gasteiger partial charge in [-0.25, -0.2) is 5.01 Å². The van der Waals surface area contributed by atoms with E-state index in [-0.39, 0.29) is 6.04 Å². The van der Waals surface area contributed by atoms with Gasteiger partial charge in [-0.05, 0) is 12.0 Å². The van der Waals surface area contributed by atoms with E-state index in [2.05, 4.69) is 6.92 Å². The van der Waals surface area contributed by atoms with Gasteiger partial charge in [0.2, 0.25) is 0 Å². The lowest BCUT2D eigenvalue weighted by atomic mass is 9.98. The maximum atomic E-state index is 10.2. The summed E-state index contributed by atoms with van der Waals surface area (Å²) >= 11 is 0. The van der Waals surface area contributed by atoms with Crippen molar-refractivity contribution in [3.8, 4) is 0 Å². The Balaban J connectivity index is 2.76. The SMILES string of the molecule is CCC[C@@H]([C@H](O)c1ccccc1)N(C)N.